The van der Waals surface area contributed by atoms with Crippen molar-refractivity contribution >= 4 is 17.6 Å². The van der Waals surface area contributed by atoms with Crippen molar-refractivity contribution in [3.8, 4) is 5.75 Å². The first-order chi connectivity index (χ1) is 7.40. The minimum absolute atomic E-state index is 0.0718. The first-order valence-corrected chi connectivity index (χ1v) is 5.02. The molecule has 1 rings (SSSR count). The molecule has 0 fully saturated rings. The normalized spacial score (nSPS) is 12.3. The van der Waals surface area contributed by atoms with Crippen LogP contribution in [0.15, 0.2) is 6.07 Å². The molecule has 0 amide bonds. The van der Waals surface area contributed by atoms with Gasteiger partial charge in [0.2, 0.25) is 0 Å². The van der Waals surface area contributed by atoms with Gasteiger partial charge in [0.25, 0.3) is 0 Å². The second-order valence-corrected chi connectivity index (χ2v) is 3.87. The van der Waals surface area contributed by atoms with Crippen LogP contribution in [-0.2, 0) is 9.53 Å². The summed E-state index contributed by atoms with van der Waals surface area (Å²) < 4.78 is 4.45. The maximum Gasteiger partial charge on any atom is 0.339 e. The van der Waals surface area contributed by atoms with Crippen LogP contribution in [0, 0.1) is 13.8 Å². The molecule has 1 atom stereocenters. The second kappa shape index (κ2) is 4.72. The Hall–Kier alpha value is -1.26. The Morgan fingerprint density at radius 2 is 2.06 bits per heavy atom. The van der Waals surface area contributed by atoms with Crippen molar-refractivity contribution in [3.05, 3.63) is 27.8 Å². The molecule has 0 aliphatic rings. The van der Waals surface area contributed by atoms with Crippen LogP contribution in [0.4, 0.5) is 0 Å². The van der Waals surface area contributed by atoms with E-state index in [0.717, 1.165) is 0 Å². The topological polar surface area (TPSA) is 66.8 Å². The van der Waals surface area contributed by atoms with Crippen LogP contribution in [0.25, 0.3) is 0 Å². The Morgan fingerprint density at radius 1 is 1.50 bits per heavy atom. The largest absolute Gasteiger partial charge is 0.506 e. The zero-order valence-corrected chi connectivity index (χ0v) is 10.00. The van der Waals surface area contributed by atoms with Crippen LogP contribution in [0.2, 0.25) is 5.02 Å². The number of esters is 1. The zero-order chi connectivity index (χ0) is 12.5. The van der Waals surface area contributed by atoms with Gasteiger partial charge in [0.1, 0.15) is 5.75 Å². The van der Waals surface area contributed by atoms with E-state index < -0.39 is 12.1 Å². The highest BCUT2D eigenvalue weighted by Crippen LogP contribution is 2.34. The van der Waals surface area contributed by atoms with E-state index in [1.54, 1.807) is 13.8 Å². The average Bonchev–Trinajstić information content (AvgIpc) is 2.24. The number of phenols is 1. The number of benzene rings is 1. The Morgan fingerprint density at radius 3 is 2.56 bits per heavy atom. The van der Waals surface area contributed by atoms with E-state index in [4.69, 9.17) is 11.6 Å². The number of carbonyl (C=O) groups is 1. The third-order valence-corrected chi connectivity index (χ3v) is 2.91. The van der Waals surface area contributed by atoms with Crippen molar-refractivity contribution in [1.82, 2.24) is 0 Å². The first kappa shape index (κ1) is 12.8. The molecule has 4 nitrogen and oxygen atoms in total. The number of methoxy groups -OCH3 is 1. The zero-order valence-electron chi connectivity index (χ0n) is 9.24. The number of rotatable bonds is 2. The lowest BCUT2D eigenvalue weighted by Crippen LogP contribution is -2.16. The van der Waals surface area contributed by atoms with Gasteiger partial charge in [0.05, 0.1) is 12.1 Å². The van der Waals surface area contributed by atoms with Gasteiger partial charge in [-0.05, 0) is 36.6 Å². The smallest absolute Gasteiger partial charge is 0.339 e. The van der Waals surface area contributed by atoms with Gasteiger partial charge in [-0.25, -0.2) is 4.79 Å². The molecular weight excluding hydrogens is 232 g/mol. The molecule has 0 heterocycles. The predicted octanol–water partition coefficient (Wildman–Crippen LogP) is 1.87. The van der Waals surface area contributed by atoms with Crippen molar-refractivity contribution in [2.45, 2.75) is 20.0 Å². The summed E-state index contributed by atoms with van der Waals surface area (Å²) in [5.74, 6) is -0.828. The van der Waals surface area contributed by atoms with Crippen LogP contribution in [0.1, 0.15) is 22.8 Å². The van der Waals surface area contributed by atoms with Gasteiger partial charge in [-0.3, -0.25) is 0 Å². The molecule has 1 aromatic carbocycles. The van der Waals surface area contributed by atoms with E-state index in [-0.39, 0.29) is 10.8 Å². The molecule has 0 aromatic heterocycles. The second-order valence-electron chi connectivity index (χ2n) is 3.49. The molecule has 16 heavy (non-hydrogen) atoms. The van der Waals surface area contributed by atoms with Gasteiger partial charge in [0.15, 0.2) is 6.10 Å². The molecule has 0 saturated heterocycles. The van der Waals surface area contributed by atoms with Crippen molar-refractivity contribution in [2.75, 3.05) is 7.11 Å². The summed E-state index contributed by atoms with van der Waals surface area (Å²) in [5.41, 5.74) is 1.42. The van der Waals surface area contributed by atoms with Crippen LogP contribution in [-0.4, -0.2) is 23.3 Å². The Labute approximate surface area is 98.4 Å². The fraction of sp³-hybridized carbons (Fsp3) is 0.364. The van der Waals surface area contributed by atoms with Crippen LogP contribution in [0.5, 0.6) is 5.75 Å². The molecule has 1 aromatic rings. The molecule has 0 aliphatic heterocycles. The van der Waals surface area contributed by atoms with Crippen LogP contribution in [0.3, 0.4) is 0 Å². The molecule has 5 heteroatoms. The maximum absolute atomic E-state index is 11.2. The fourth-order valence-corrected chi connectivity index (χ4v) is 1.76. The van der Waals surface area contributed by atoms with Crippen LogP contribution < -0.4 is 0 Å². The fourth-order valence-electron chi connectivity index (χ4n) is 1.60. The number of aromatic hydroxyl groups is 1. The van der Waals surface area contributed by atoms with Gasteiger partial charge < -0.3 is 14.9 Å². The summed E-state index contributed by atoms with van der Waals surface area (Å²) in [6, 6.07) is 1.40. The van der Waals surface area contributed by atoms with E-state index in [9.17, 15) is 15.0 Å². The van der Waals surface area contributed by atoms with Crippen LogP contribution >= 0.6 is 11.6 Å². The third kappa shape index (κ3) is 2.13. The van der Waals surface area contributed by atoms with Crippen molar-refractivity contribution in [3.63, 3.8) is 0 Å². The number of phenolic OH excluding ortho intramolecular Hbond substituents is 1. The van der Waals surface area contributed by atoms with Gasteiger partial charge in [0, 0.05) is 0 Å². The van der Waals surface area contributed by atoms with Crippen molar-refractivity contribution in [2.24, 2.45) is 0 Å². The molecule has 0 bridgehead atoms. The van der Waals surface area contributed by atoms with Gasteiger partial charge >= 0.3 is 5.97 Å². The van der Waals surface area contributed by atoms with Gasteiger partial charge in [-0.1, -0.05) is 11.6 Å². The lowest BCUT2D eigenvalue weighted by molar-refractivity contribution is -0.150. The lowest BCUT2D eigenvalue weighted by atomic mass is 9.97. The Kier molecular flexibility index (Phi) is 3.78. The number of hydrogen-bond acceptors (Lipinski definition) is 4. The number of aliphatic hydroxyl groups excluding tert-OH is 1. The quantitative estimate of drug-likeness (QED) is 0.780. The number of ether oxygens (including phenoxy) is 1. The third-order valence-electron chi connectivity index (χ3n) is 2.43. The van der Waals surface area contributed by atoms with Gasteiger partial charge in [-0.15, -0.1) is 0 Å². The number of aryl methyl sites for hydroxylation is 1. The van der Waals surface area contributed by atoms with Crippen molar-refractivity contribution in [1.29, 1.82) is 0 Å². The average molecular weight is 245 g/mol. The molecule has 88 valence electrons. The summed E-state index contributed by atoms with van der Waals surface area (Å²) in [6.45, 7) is 3.29. The highest BCUT2D eigenvalue weighted by Gasteiger charge is 2.24. The minimum Gasteiger partial charge on any atom is -0.506 e. The SMILES string of the molecule is COC(=O)C(O)c1c(C)cc(O)c(Cl)c1C. The summed E-state index contributed by atoms with van der Waals surface area (Å²) in [5, 5.41) is 19.3. The van der Waals surface area contributed by atoms with E-state index in [0.29, 0.717) is 16.7 Å². The summed E-state index contributed by atoms with van der Waals surface area (Å²) >= 11 is 5.83. The summed E-state index contributed by atoms with van der Waals surface area (Å²) in [6.07, 6.45) is -1.39. The molecule has 0 spiro atoms. The molecule has 0 saturated carbocycles. The first-order valence-electron chi connectivity index (χ1n) is 4.64. The highest BCUT2D eigenvalue weighted by molar-refractivity contribution is 6.32. The standard InChI is InChI=1S/C11H13ClO4/c1-5-4-7(13)9(12)6(2)8(5)10(14)11(15)16-3/h4,10,13-14H,1-3H3. The number of carbonyl (C=O) groups excluding carboxylic acids is 1. The lowest BCUT2D eigenvalue weighted by Gasteiger charge is -2.16. The maximum atomic E-state index is 11.2. The number of hydrogen-bond donors (Lipinski definition) is 2. The van der Waals surface area contributed by atoms with E-state index in [2.05, 4.69) is 4.74 Å². The van der Waals surface area contributed by atoms with E-state index in [1.165, 1.54) is 13.2 Å². The molecule has 1 unspecified atom stereocenters. The van der Waals surface area contributed by atoms with E-state index >= 15 is 0 Å². The Bertz CT molecular complexity index is 428. The van der Waals surface area contributed by atoms with E-state index in [1.807, 2.05) is 0 Å². The summed E-state index contributed by atoms with van der Waals surface area (Å²) in [7, 11) is 1.19. The molecule has 0 aliphatic carbocycles. The predicted molar refractivity (Wildman–Crippen MR) is 59.6 cm³/mol. The number of halogens is 1. The highest BCUT2D eigenvalue weighted by atomic mass is 35.5. The monoisotopic (exact) mass is 244 g/mol. The minimum atomic E-state index is -1.39. The molecular formula is C11H13ClO4. The van der Waals surface area contributed by atoms with Gasteiger partial charge in [-0.2, -0.15) is 0 Å². The molecule has 0 radical (unpaired) electrons. The van der Waals surface area contributed by atoms with Crippen molar-refractivity contribution < 1.29 is 19.7 Å². The number of aliphatic hydroxyl groups is 1. The Balaban J connectivity index is 3.34. The molecule has 2 N–H and O–H groups in total. The summed E-state index contributed by atoms with van der Waals surface area (Å²) in [4.78, 5) is 11.2.